The molecule has 114 valence electrons. The van der Waals surface area contributed by atoms with Crippen molar-refractivity contribution < 1.29 is 4.79 Å². The third kappa shape index (κ3) is 2.98. The van der Waals surface area contributed by atoms with Gasteiger partial charge in [-0.1, -0.05) is 26.0 Å². The molecule has 0 saturated carbocycles. The molecular weight excluding hydrogens is 260 g/mol. The standard InChI is InChI=1S/C18H26N2O/c1-13(2)15-5-6-17-16(12-15)4-3-11-20(17)18(21)14-7-9-19-10-8-14/h5-6,12-14,19H,3-4,7-11H2,1-2H3. The monoisotopic (exact) mass is 286 g/mol. The van der Waals surface area contributed by atoms with Crippen molar-refractivity contribution in [1.82, 2.24) is 5.32 Å². The summed E-state index contributed by atoms with van der Waals surface area (Å²) in [5.41, 5.74) is 3.90. The van der Waals surface area contributed by atoms with E-state index >= 15 is 0 Å². The minimum Gasteiger partial charge on any atom is -0.317 e. The van der Waals surface area contributed by atoms with Crippen molar-refractivity contribution in [2.45, 2.75) is 45.4 Å². The number of nitrogens with zero attached hydrogens (tertiary/aromatic N) is 1. The second-order valence-electron chi connectivity index (χ2n) is 6.66. The van der Waals surface area contributed by atoms with Gasteiger partial charge in [0.25, 0.3) is 0 Å². The minimum absolute atomic E-state index is 0.210. The first-order valence-corrected chi connectivity index (χ1v) is 8.31. The average Bonchev–Trinajstić information content (AvgIpc) is 2.54. The van der Waals surface area contributed by atoms with Crippen molar-refractivity contribution in [2.24, 2.45) is 5.92 Å². The summed E-state index contributed by atoms with van der Waals surface area (Å²) in [5.74, 6) is 1.10. The Bertz CT molecular complexity index is 518. The summed E-state index contributed by atoms with van der Waals surface area (Å²) < 4.78 is 0. The molecule has 0 atom stereocenters. The van der Waals surface area contributed by atoms with Crippen molar-refractivity contribution in [3.05, 3.63) is 29.3 Å². The van der Waals surface area contributed by atoms with Gasteiger partial charge in [-0.25, -0.2) is 0 Å². The molecule has 1 aromatic rings. The van der Waals surface area contributed by atoms with E-state index in [0.29, 0.717) is 11.8 Å². The normalized spacial score (nSPS) is 19.7. The lowest BCUT2D eigenvalue weighted by Gasteiger charge is -2.34. The molecule has 3 rings (SSSR count). The van der Waals surface area contributed by atoms with E-state index in [1.807, 2.05) is 0 Å². The molecule has 1 aromatic carbocycles. The lowest BCUT2D eigenvalue weighted by atomic mass is 9.92. The molecule has 2 heterocycles. The number of carbonyl (C=O) groups excluding carboxylic acids is 1. The highest BCUT2D eigenvalue weighted by Gasteiger charge is 2.29. The molecule has 1 N–H and O–H groups in total. The summed E-state index contributed by atoms with van der Waals surface area (Å²) >= 11 is 0. The minimum atomic E-state index is 0.210. The molecule has 1 amide bonds. The van der Waals surface area contributed by atoms with Crippen LogP contribution in [0.15, 0.2) is 18.2 Å². The van der Waals surface area contributed by atoms with Crippen molar-refractivity contribution in [3.8, 4) is 0 Å². The molecular formula is C18H26N2O. The van der Waals surface area contributed by atoms with E-state index in [4.69, 9.17) is 0 Å². The first kappa shape index (κ1) is 14.6. The number of benzene rings is 1. The van der Waals surface area contributed by atoms with E-state index < -0.39 is 0 Å². The zero-order chi connectivity index (χ0) is 14.8. The van der Waals surface area contributed by atoms with Crippen LogP contribution in [0.2, 0.25) is 0 Å². The highest BCUT2D eigenvalue weighted by Crippen LogP contribution is 2.32. The number of amides is 1. The van der Waals surface area contributed by atoms with Crippen molar-refractivity contribution >= 4 is 11.6 Å². The fourth-order valence-electron chi connectivity index (χ4n) is 3.49. The summed E-state index contributed by atoms with van der Waals surface area (Å²) in [5, 5.41) is 3.34. The van der Waals surface area contributed by atoms with Crippen LogP contribution >= 0.6 is 0 Å². The van der Waals surface area contributed by atoms with Gasteiger partial charge in [-0.15, -0.1) is 0 Å². The second-order valence-corrected chi connectivity index (χ2v) is 6.66. The SMILES string of the molecule is CC(C)c1ccc2c(c1)CCCN2C(=O)C1CCNCC1. The van der Waals surface area contributed by atoms with Crippen LogP contribution in [0.25, 0.3) is 0 Å². The Morgan fingerprint density at radius 1 is 1.29 bits per heavy atom. The molecule has 2 aliphatic heterocycles. The molecule has 21 heavy (non-hydrogen) atoms. The first-order chi connectivity index (χ1) is 10.2. The number of anilines is 1. The van der Waals surface area contributed by atoms with Gasteiger partial charge < -0.3 is 10.2 Å². The molecule has 3 nitrogen and oxygen atoms in total. The Hall–Kier alpha value is -1.35. The van der Waals surface area contributed by atoms with Gasteiger partial charge >= 0.3 is 0 Å². The van der Waals surface area contributed by atoms with Gasteiger partial charge in [-0.2, -0.15) is 0 Å². The van der Waals surface area contributed by atoms with Gasteiger partial charge in [-0.3, -0.25) is 4.79 Å². The summed E-state index contributed by atoms with van der Waals surface area (Å²) in [4.78, 5) is 14.9. The van der Waals surface area contributed by atoms with E-state index in [-0.39, 0.29) is 5.92 Å². The Morgan fingerprint density at radius 3 is 2.76 bits per heavy atom. The summed E-state index contributed by atoms with van der Waals surface area (Å²) in [6.45, 7) is 7.29. The predicted molar refractivity (Wildman–Crippen MR) is 86.8 cm³/mol. The number of hydrogen-bond donors (Lipinski definition) is 1. The molecule has 0 radical (unpaired) electrons. The van der Waals surface area contributed by atoms with Crippen molar-refractivity contribution in [1.29, 1.82) is 0 Å². The summed E-state index contributed by atoms with van der Waals surface area (Å²) in [6, 6.07) is 6.67. The third-order valence-electron chi connectivity index (χ3n) is 4.84. The third-order valence-corrected chi connectivity index (χ3v) is 4.84. The zero-order valence-corrected chi connectivity index (χ0v) is 13.2. The molecule has 0 aliphatic carbocycles. The maximum absolute atomic E-state index is 12.8. The smallest absolute Gasteiger partial charge is 0.230 e. The number of hydrogen-bond acceptors (Lipinski definition) is 2. The second kappa shape index (κ2) is 6.18. The van der Waals surface area contributed by atoms with Gasteiger partial charge in [0.15, 0.2) is 0 Å². The summed E-state index contributed by atoms with van der Waals surface area (Å²) in [7, 11) is 0. The van der Waals surface area contributed by atoms with Crippen LogP contribution in [0.4, 0.5) is 5.69 Å². The lowest BCUT2D eigenvalue weighted by molar-refractivity contribution is -0.123. The number of piperidine rings is 1. The Morgan fingerprint density at radius 2 is 2.05 bits per heavy atom. The molecule has 1 saturated heterocycles. The van der Waals surface area contributed by atoms with Gasteiger partial charge in [-0.05, 0) is 61.9 Å². The van der Waals surface area contributed by atoms with Crippen molar-refractivity contribution in [2.75, 3.05) is 24.5 Å². The van der Waals surface area contributed by atoms with Gasteiger partial charge in [0, 0.05) is 18.2 Å². The van der Waals surface area contributed by atoms with E-state index in [1.165, 1.54) is 11.1 Å². The molecule has 0 aromatic heterocycles. The quantitative estimate of drug-likeness (QED) is 0.906. The van der Waals surface area contributed by atoms with Crippen molar-refractivity contribution in [3.63, 3.8) is 0 Å². The fraction of sp³-hybridized carbons (Fsp3) is 0.611. The average molecular weight is 286 g/mol. The summed E-state index contributed by atoms with van der Waals surface area (Å²) in [6.07, 6.45) is 4.15. The van der Waals surface area contributed by atoms with Crippen LogP contribution in [0.5, 0.6) is 0 Å². The molecule has 0 spiro atoms. The number of fused-ring (bicyclic) bond motifs is 1. The molecule has 0 unspecified atom stereocenters. The number of aryl methyl sites for hydroxylation is 1. The maximum Gasteiger partial charge on any atom is 0.230 e. The maximum atomic E-state index is 12.8. The largest absolute Gasteiger partial charge is 0.317 e. The highest BCUT2D eigenvalue weighted by atomic mass is 16.2. The molecule has 2 aliphatic rings. The van der Waals surface area contributed by atoms with Gasteiger partial charge in [0.05, 0.1) is 0 Å². The van der Waals surface area contributed by atoms with Gasteiger partial charge in [0.1, 0.15) is 0 Å². The Kier molecular flexibility index (Phi) is 4.29. The Balaban J connectivity index is 1.84. The van der Waals surface area contributed by atoms with E-state index in [9.17, 15) is 4.79 Å². The highest BCUT2D eigenvalue weighted by molar-refractivity contribution is 5.96. The number of nitrogens with one attached hydrogen (secondary N) is 1. The fourth-order valence-corrected chi connectivity index (χ4v) is 3.49. The number of carbonyl (C=O) groups is 1. The van der Waals surface area contributed by atoms with Crippen LogP contribution in [0, 0.1) is 5.92 Å². The first-order valence-electron chi connectivity index (χ1n) is 8.31. The van der Waals surface area contributed by atoms with Crippen LogP contribution in [0.1, 0.15) is 50.2 Å². The van der Waals surface area contributed by atoms with E-state index in [2.05, 4.69) is 42.3 Å². The lowest BCUT2D eigenvalue weighted by Crippen LogP contribution is -2.43. The van der Waals surface area contributed by atoms with Crippen LogP contribution in [-0.4, -0.2) is 25.5 Å². The zero-order valence-electron chi connectivity index (χ0n) is 13.2. The topological polar surface area (TPSA) is 32.3 Å². The van der Waals surface area contributed by atoms with Crippen LogP contribution in [-0.2, 0) is 11.2 Å². The predicted octanol–water partition coefficient (Wildman–Crippen LogP) is 3.09. The van der Waals surface area contributed by atoms with E-state index in [1.54, 1.807) is 0 Å². The van der Waals surface area contributed by atoms with Crippen LogP contribution in [0.3, 0.4) is 0 Å². The van der Waals surface area contributed by atoms with Gasteiger partial charge in [0.2, 0.25) is 5.91 Å². The number of rotatable bonds is 2. The molecule has 1 fully saturated rings. The van der Waals surface area contributed by atoms with Crippen LogP contribution < -0.4 is 10.2 Å². The Labute approximate surface area is 127 Å². The molecule has 0 bridgehead atoms. The van der Waals surface area contributed by atoms with E-state index in [0.717, 1.165) is 51.0 Å². The molecule has 3 heteroatoms.